The molecule has 1 fully saturated rings. The Hall–Kier alpha value is -0.650. The normalized spacial score (nSPS) is 22.9. The van der Waals surface area contributed by atoms with Crippen molar-refractivity contribution in [2.75, 3.05) is 40.0 Å². The molecule has 1 heterocycles. The zero-order valence-electron chi connectivity index (χ0n) is 9.15. The van der Waals surface area contributed by atoms with Crippen LogP contribution in [0.1, 0.15) is 12.8 Å². The van der Waals surface area contributed by atoms with Crippen molar-refractivity contribution in [2.45, 2.75) is 18.9 Å². The van der Waals surface area contributed by atoms with Gasteiger partial charge in [0.1, 0.15) is 0 Å². The number of carbonyl (C=O) groups is 1. The fourth-order valence-corrected chi connectivity index (χ4v) is 1.73. The molecule has 5 heteroatoms. The monoisotopic (exact) mass is 217 g/mol. The lowest BCUT2D eigenvalue weighted by atomic mass is 10.2. The Morgan fingerprint density at radius 2 is 2.47 bits per heavy atom. The minimum Gasteiger partial charge on any atom is -0.481 e. The van der Waals surface area contributed by atoms with Crippen molar-refractivity contribution >= 4 is 5.97 Å². The first kappa shape index (κ1) is 12.4. The first-order chi connectivity index (χ1) is 7.22. The summed E-state index contributed by atoms with van der Waals surface area (Å²) in [5, 5.41) is 8.65. The molecule has 88 valence electrons. The van der Waals surface area contributed by atoms with Gasteiger partial charge >= 0.3 is 5.97 Å². The summed E-state index contributed by atoms with van der Waals surface area (Å²) in [5.74, 6) is -0.793. The van der Waals surface area contributed by atoms with E-state index in [1.807, 2.05) is 0 Å². The molecule has 0 saturated carbocycles. The van der Waals surface area contributed by atoms with Gasteiger partial charge in [-0.25, -0.2) is 0 Å². The smallest absolute Gasteiger partial charge is 0.306 e. The Balaban J connectivity index is 2.19. The summed E-state index contributed by atoms with van der Waals surface area (Å²) >= 11 is 0. The number of ether oxygens (including phenoxy) is 2. The van der Waals surface area contributed by atoms with Gasteiger partial charge in [0.2, 0.25) is 0 Å². The first-order valence-electron chi connectivity index (χ1n) is 5.27. The highest BCUT2D eigenvalue weighted by atomic mass is 16.5. The third-order valence-electron chi connectivity index (χ3n) is 2.45. The average molecular weight is 217 g/mol. The van der Waals surface area contributed by atoms with E-state index in [0.29, 0.717) is 6.61 Å². The number of hydrogen-bond acceptors (Lipinski definition) is 4. The highest BCUT2D eigenvalue weighted by Gasteiger charge is 2.21. The molecule has 1 N–H and O–H groups in total. The molecule has 0 aliphatic carbocycles. The van der Waals surface area contributed by atoms with Crippen LogP contribution in [0, 0.1) is 0 Å². The SMILES string of the molecule is COCCCN1CCOC(CC(=O)O)C1. The van der Waals surface area contributed by atoms with Gasteiger partial charge in [-0.1, -0.05) is 0 Å². The summed E-state index contributed by atoms with van der Waals surface area (Å²) in [5.41, 5.74) is 0. The number of rotatable bonds is 6. The molecule has 0 bridgehead atoms. The van der Waals surface area contributed by atoms with E-state index < -0.39 is 5.97 Å². The molecular formula is C10H19NO4. The number of morpholine rings is 1. The van der Waals surface area contributed by atoms with E-state index in [9.17, 15) is 4.79 Å². The van der Waals surface area contributed by atoms with Gasteiger partial charge in [0.25, 0.3) is 0 Å². The molecule has 1 aliphatic rings. The Bertz CT molecular complexity index is 198. The summed E-state index contributed by atoms with van der Waals surface area (Å²) in [4.78, 5) is 12.7. The number of hydrogen-bond donors (Lipinski definition) is 1. The first-order valence-corrected chi connectivity index (χ1v) is 5.27. The number of aliphatic carboxylic acids is 1. The second-order valence-corrected chi connectivity index (χ2v) is 3.74. The molecule has 15 heavy (non-hydrogen) atoms. The molecule has 0 aromatic carbocycles. The van der Waals surface area contributed by atoms with Crippen LogP contribution in [0.3, 0.4) is 0 Å². The third kappa shape index (κ3) is 5.11. The summed E-state index contributed by atoms with van der Waals surface area (Å²) in [7, 11) is 1.69. The van der Waals surface area contributed by atoms with E-state index in [1.165, 1.54) is 0 Å². The maximum atomic E-state index is 10.5. The van der Waals surface area contributed by atoms with Crippen LogP contribution in [0.5, 0.6) is 0 Å². The standard InChI is InChI=1S/C10H19NO4/c1-14-5-2-3-11-4-6-15-9(8-11)7-10(12)13/h9H,2-8H2,1H3,(H,12,13). The lowest BCUT2D eigenvalue weighted by molar-refractivity contribution is -0.142. The Morgan fingerprint density at radius 3 is 3.13 bits per heavy atom. The second-order valence-electron chi connectivity index (χ2n) is 3.74. The Morgan fingerprint density at radius 1 is 1.67 bits per heavy atom. The summed E-state index contributed by atoms with van der Waals surface area (Å²) < 4.78 is 10.3. The van der Waals surface area contributed by atoms with Gasteiger partial charge in [-0.3, -0.25) is 9.69 Å². The molecule has 1 unspecified atom stereocenters. The molecule has 1 saturated heterocycles. The number of carboxylic acid groups (broad SMARTS) is 1. The van der Waals surface area contributed by atoms with Gasteiger partial charge in [-0.2, -0.15) is 0 Å². The van der Waals surface area contributed by atoms with E-state index in [-0.39, 0.29) is 12.5 Å². The van der Waals surface area contributed by atoms with Crippen LogP contribution in [-0.4, -0.2) is 62.0 Å². The molecule has 0 aromatic rings. The summed E-state index contributed by atoms with van der Waals surface area (Å²) in [6.07, 6.45) is 0.927. The topological polar surface area (TPSA) is 59.0 Å². The predicted molar refractivity (Wildman–Crippen MR) is 54.9 cm³/mol. The van der Waals surface area contributed by atoms with Crippen LogP contribution in [-0.2, 0) is 14.3 Å². The number of nitrogens with zero attached hydrogens (tertiary/aromatic N) is 1. The van der Waals surface area contributed by atoms with Gasteiger partial charge < -0.3 is 14.6 Å². The van der Waals surface area contributed by atoms with Crippen molar-refractivity contribution in [3.05, 3.63) is 0 Å². The molecule has 0 amide bonds. The fourth-order valence-electron chi connectivity index (χ4n) is 1.73. The maximum absolute atomic E-state index is 10.5. The molecule has 0 spiro atoms. The minimum absolute atomic E-state index is 0.0980. The lowest BCUT2D eigenvalue weighted by Gasteiger charge is -2.32. The molecule has 1 aliphatic heterocycles. The maximum Gasteiger partial charge on any atom is 0.306 e. The van der Waals surface area contributed by atoms with Crippen molar-refractivity contribution in [1.82, 2.24) is 4.90 Å². The fraction of sp³-hybridized carbons (Fsp3) is 0.900. The van der Waals surface area contributed by atoms with Crippen molar-refractivity contribution in [3.63, 3.8) is 0 Å². The highest BCUT2D eigenvalue weighted by molar-refractivity contribution is 5.67. The van der Waals surface area contributed by atoms with E-state index >= 15 is 0 Å². The van der Waals surface area contributed by atoms with Gasteiger partial charge in [0, 0.05) is 33.4 Å². The van der Waals surface area contributed by atoms with Gasteiger partial charge in [-0.05, 0) is 6.42 Å². The van der Waals surface area contributed by atoms with E-state index in [1.54, 1.807) is 7.11 Å². The third-order valence-corrected chi connectivity index (χ3v) is 2.45. The van der Waals surface area contributed by atoms with E-state index in [2.05, 4.69) is 4.90 Å². The van der Waals surface area contributed by atoms with E-state index in [4.69, 9.17) is 14.6 Å². The molecule has 5 nitrogen and oxygen atoms in total. The van der Waals surface area contributed by atoms with Crippen molar-refractivity contribution in [2.24, 2.45) is 0 Å². The zero-order valence-corrected chi connectivity index (χ0v) is 9.15. The van der Waals surface area contributed by atoms with Gasteiger partial charge in [-0.15, -0.1) is 0 Å². The summed E-state index contributed by atoms with van der Waals surface area (Å²) in [6.45, 7) is 3.94. The molecule has 1 rings (SSSR count). The zero-order chi connectivity index (χ0) is 11.1. The van der Waals surface area contributed by atoms with Crippen LogP contribution in [0.2, 0.25) is 0 Å². The van der Waals surface area contributed by atoms with Crippen LogP contribution < -0.4 is 0 Å². The summed E-state index contributed by atoms with van der Waals surface area (Å²) in [6, 6.07) is 0. The molecular weight excluding hydrogens is 198 g/mol. The van der Waals surface area contributed by atoms with Gasteiger partial charge in [0.05, 0.1) is 19.1 Å². The number of methoxy groups -OCH3 is 1. The van der Waals surface area contributed by atoms with E-state index in [0.717, 1.165) is 32.7 Å². The quantitative estimate of drug-likeness (QED) is 0.644. The minimum atomic E-state index is -0.793. The largest absolute Gasteiger partial charge is 0.481 e. The van der Waals surface area contributed by atoms with Gasteiger partial charge in [0.15, 0.2) is 0 Å². The molecule has 0 radical (unpaired) electrons. The Kier molecular flexibility index (Phi) is 5.60. The Labute approximate surface area is 90.0 Å². The molecule has 0 aromatic heterocycles. The predicted octanol–water partition coefficient (Wildman–Crippen LogP) is 0.198. The number of carboxylic acids is 1. The van der Waals surface area contributed by atoms with Crippen LogP contribution >= 0.6 is 0 Å². The van der Waals surface area contributed by atoms with Crippen molar-refractivity contribution < 1.29 is 19.4 Å². The average Bonchev–Trinajstić information content (AvgIpc) is 2.18. The lowest BCUT2D eigenvalue weighted by Crippen LogP contribution is -2.43. The molecule has 1 atom stereocenters. The van der Waals surface area contributed by atoms with Crippen molar-refractivity contribution in [3.8, 4) is 0 Å². The van der Waals surface area contributed by atoms with Crippen LogP contribution in [0.15, 0.2) is 0 Å². The van der Waals surface area contributed by atoms with Crippen LogP contribution in [0.4, 0.5) is 0 Å². The van der Waals surface area contributed by atoms with Crippen LogP contribution in [0.25, 0.3) is 0 Å². The second kappa shape index (κ2) is 6.76. The highest BCUT2D eigenvalue weighted by Crippen LogP contribution is 2.08. The van der Waals surface area contributed by atoms with Crippen molar-refractivity contribution in [1.29, 1.82) is 0 Å².